The van der Waals surface area contributed by atoms with Crippen molar-refractivity contribution >= 4 is 50.3 Å². The zero-order valence-electron chi connectivity index (χ0n) is 14.9. The molecule has 3 heterocycles. The van der Waals surface area contributed by atoms with Crippen molar-refractivity contribution in [1.82, 2.24) is 5.32 Å². The lowest BCUT2D eigenvalue weighted by atomic mass is 10.1. The second-order valence-electron chi connectivity index (χ2n) is 7.01. The van der Waals surface area contributed by atoms with Gasteiger partial charge in [-0.2, -0.15) is 0 Å². The van der Waals surface area contributed by atoms with Gasteiger partial charge in [-0.3, -0.25) is 4.79 Å². The van der Waals surface area contributed by atoms with Crippen LogP contribution in [0.3, 0.4) is 0 Å². The summed E-state index contributed by atoms with van der Waals surface area (Å²) in [4.78, 5) is 16.2. The number of carbonyl (C=O) groups is 1. The third kappa shape index (κ3) is 3.76. The molecule has 1 aliphatic heterocycles. The Morgan fingerprint density at radius 3 is 2.78 bits per heavy atom. The van der Waals surface area contributed by atoms with Crippen molar-refractivity contribution in [2.45, 2.75) is 31.8 Å². The highest BCUT2D eigenvalue weighted by Gasteiger charge is 2.34. The number of rotatable bonds is 5. The molecule has 0 unspecified atom stereocenters. The minimum absolute atomic E-state index is 0.0257. The number of hydrogen-bond acceptors (Lipinski definition) is 3. The van der Waals surface area contributed by atoms with Gasteiger partial charge in [-0.1, -0.05) is 17.7 Å². The maximum absolute atomic E-state index is 13.5. The first kappa shape index (κ1) is 18.9. The van der Waals surface area contributed by atoms with Gasteiger partial charge in [-0.25, -0.2) is 4.39 Å². The summed E-state index contributed by atoms with van der Waals surface area (Å²) in [5, 5.41) is 6.37. The molecule has 1 aromatic carbocycles. The molecule has 142 valence electrons. The number of thiophene rings is 2. The molecule has 1 fully saturated rings. The molecule has 4 rings (SSSR count). The monoisotopic (exact) mass is 423 g/mol. The van der Waals surface area contributed by atoms with Crippen molar-refractivity contribution < 1.29 is 14.1 Å². The Bertz CT molecular complexity index is 950. The molecule has 2 aromatic heterocycles. The van der Waals surface area contributed by atoms with E-state index >= 15 is 0 Å². The summed E-state index contributed by atoms with van der Waals surface area (Å²) in [5.41, 5.74) is 0. The van der Waals surface area contributed by atoms with Gasteiger partial charge in [-0.05, 0) is 36.6 Å². The Hall–Kier alpha value is -1.47. The van der Waals surface area contributed by atoms with Gasteiger partial charge < -0.3 is 10.2 Å². The normalized spacial score (nSPS) is 17.3. The zero-order valence-corrected chi connectivity index (χ0v) is 17.3. The van der Waals surface area contributed by atoms with Crippen molar-refractivity contribution in [2.24, 2.45) is 0 Å². The Labute approximate surface area is 170 Å². The zero-order chi connectivity index (χ0) is 19.0. The average molecular weight is 424 g/mol. The van der Waals surface area contributed by atoms with E-state index in [4.69, 9.17) is 11.6 Å². The summed E-state index contributed by atoms with van der Waals surface area (Å²) in [6.07, 6.45) is 2.46. The van der Waals surface area contributed by atoms with E-state index in [-0.39, 0.29) is 23.8 Å². The van der Waals surface area contributed by atoms with Crippen LogP contribution in [0, 0.1) is 5.82 Å². The molecule has 27 heavy (non-hydrogen) atoms. The van der Waals surface area contributed by atoms with Gasteiger partial charge >= 0.3 is 0 Å². The molecule has 0 bridgehead atoms. The SMILES string of the molecule is C[C@@H](NC(=O)c1sc2cc(F)ccc2c1Cl)[C@@H](c1cccs1)[NH+]1CCCC1. The lowest BCUT2D eigenvalue weighted by molar-refractivity contribution is -0.920. The van der Waals surface area contributed by atoms with Crippen molar-refractivity contribution in [3.63, 3.8) is 0 Å². The van der Waals surface area contributed by atoms with Gasteiger partial charge in [0, 0.05) is 22.9 Å². The number of benzene rings is 1. The number of hydrogen-bond donors (Lipinski definition) is 2. The number of carbonyl (C=O) groups excluding carboxylic acids is 1. The highest BCUT2D eigenvalue weighted by molar-refractivity contribution is 7.21. The summed E-state index contributed by atoms with van der Waals surface area (Å²) >= 11 is 9.40. The van der Waals surface area contributed by atoms with E-state index < -0.39 is 0 Å². The molecule has 0 radical (unpaired) electrons. The maximum Gasteiger partial charge on any atom is 0.263 e. The average Bonchev–Trinajstić information content (AvgIpc) is 3.37. The van der Waals surface area contributed by atoms with Gasteiger partial charge in [0.05, 0.1) is 29.0 Å². The molecule has 2 atom stereocenters. The minimum atomic E-state index is -0.323. The van der Waals surface area contributed by atoms with Crippen LogP contribution in [0.4, 0.5) is 4.39 Å². The quantitative estimate of drug-likeness (QED) is 0.630. The summed E-state index contributed by atoms with van der Waals surface area (Å²) in [6.45, 7) is 4.33. The highest BCUT2D eigenvalue weighted by atomic mass is 35.5. The molecule has 0 spiro atoms. The van der Waals surface area contributed by atoms with E-state index in [2.05, 4.69) is 29.8 Å². The second kappa shape index (κ2) is 7.87. The Balaban J connectivity index is 1.58. The molecule has 0 saturated carbocycles. The topological polar surface area (TPSA) is 33.5 Å². The van der Waals surface area contributed by atoms with Crippen LogP contribution in [0.5, 0.6) is 0 Å². The van der Waals surface area contributed by atoms with E-state index in [1.165, 1.54) is 46.1 Å². The smallest absolute Gasteiger partial charge is 0.263 e. The van der Waals surface area contributed by atoms with Crippen molar-refractivity contribution in [1.29, 1.82) is 0 Å². The molecule has 0 aliphatic carbocycles. The molecule has 1 saturated heterocycles. The first-order chi connectivity index (χ1) is 13.0. The van der Waals surface area contributed by atoms with E-state index in [1.807, 2.05) is 0 Å². The number of nitrogens with one attached hydrogen (secondary N) is 2. The standard InChI is InChI=1S/C20H20ClFN2OS2/c1-12(18(15-5-4-10-26-15)24-8-2-3-9-24)23-20(25)19-17(21)14-7-6-13(22)11-16(14)27-19/h4-7,10-12,18H,2-3,8-9H2,1H3,(H,23,25)/p+1/t12-,18+/m1/s1. The van der Waals surface area contributed by atoms with E-state index in [1.54, 1.807) is 17.4 Å². The summed E-state index contributed by atoms with van der Waals surface area (Å²) < 4.78 is 14.2. The Morgan fingerprint density at radius 2 is 2.07 bits per heavy atom. The van der Waals surface area contributed by atoms with Crippen LogP contribution < -0.4 is 10.2 Å². The lowest BCUT2D eigenvalue weighted by Gasteiger charge is -2.29. The van der Waals surface area contributed by atoms with Gasteiger partial charge in [0.1, 0.15) is 16.7 Å². The predicted molar refractivity (Wildman–Crippen MR) is 111 cm³/mol. The number of quaternary nitrogens is 1. The number of halogens is 2. The van der Waals surface area contributed by atoms with Crippen LogP contribution in [-0.2, 0) is 0 Å². The molecule has 1 aliphatic rings. The van der Waals surface area contributed by atoms with E-state index in [0.717, 1.165) is 18.5 Å². The van der Waals surface area contributed by atoms with Crippen LogP contribution in [0.1, 0.15) is 40.4 Å². The number of fused-ring (bicyclic) bond motifs is 1. The van der Waals surface area contributed by atoms with Gasteiger partial charge in [0.15, 0.2) is 0 Å². The van der Waals surface area contributed by atoms with Gasteiger partial charge in [-0.15, -0.1) is 22.7 Å². The minimum Gasteiger partial charge on any atom is -0.342 e. The van der Waals surface area contributed by atoms with Crippen molar-refractivity contribution in [2.75, 3.05) is 13.1 Å². The fourth-order valence-corrected chi connectivity index (χ4v) is 6.38. The Morgan fingerprint density at radius 1 is 1.30 bits per heavy atom. The van der Waals surface area contributed by atoms with Crippen LogP contribution in [0.25, 0.3) is 10.1 Å². The van der Waals surface area contributed by atoms with Crippen LogP contribution in [0.15, 0.2) is 35.7 Å². The van der Waals surface area contributed by atoms with Crippen molar-refractivity contribution in [3.05, 3.63) is 56.3 Å². The molecule has 3 aromatic rings. The highest BCUT2D eigenvalue weighted by Crippen LogP contribution is 2.35. The lowest BCUT2D eigenvalue weighted by Crippen LogP contribution is -3.11. The summed E-state index contributed by atoms with van der Waals surface area (Å²) in [6, 6.07) is 8.85. The third-order valence-electron chi connectivity index (χ3n) is 5.19. The van der Waals surface area contributed by atoms with E-state index in [0.29, 0.717) is 14.6 Å². The third-order valence-corrected chi connectivity index (χ3v) is 7.80. The molecule has 2 N–H and O–H groups in total. The molecular weight excluding hydrogens is 403 g/mol. The maximum atomic E-state index is 13.5. The first-order valence-corrected chi connectivity index (χ1v) is 11.2. The molecular formula is C20H21ClFN2OS2+. The predicted octanol–water partition coefficient (Wildman–Crippen LogP) is 4.29. The number of amides is 1. The number of likely N-dealkylation sites (tertiary alicyclic amines) is 1. The van der Waals surface area contributed by atoms with Crippen LogP contribution in [-0.4, -0.2) is 25.0 Å². The Kier molecular flexibility index (Phi) is 5.50. The van der Waals surface area contributed by atoms with Crippen LogP contribution in [0.2, 0.25) is 5.02 Å². The fraction of sp³-hybridized carbons (Fsp3) is 0.350. The first-order valence-electron chi connectivity index (χ1n) is 9.11. The van der Waals surface area contributed by atoms with Crippen LogP contribution >= 0.6 is 34.3 Å². The molecule has 7 heteroatoms. The molecule has 3 nitrogen and oxygen atoms in total. The fourth-order valence-electron chi connectivity index (χ4n) is 3.95. The molecule has 1 amide bonds. The summed E-state index contributed by atoms with van der Waals surface area (Å²) in [7, 11) is 0. The van der Waals surface area contributed by atoms with E-state index in [9.17, 15) is 9.18 Å². The summed E-state index contributed by atoms with van der Waals surface area (Å²) in [5.74, 6) is -0.509. The van der Waals surface area contributed by atoms with Gasteiger partial charge in [0.25, 0.3) is 5.91 Å². The van der Waals surface area contributed by atoms with Gasteiger partial charge in [0.2, 0.25) is 0 Å². The second-order valence-corrected chi connectivity index (χ2v) is 9.42. The van der Waals surface area contributed by atoms with Crippen molar-refractivity contribution in [3.8, 4) is 0 Å². The largest absolute Gasteiger partial charge is 0.342 e.